The predicted octanol–water partition coefficient (Wildman–Crippen LogP) is 5.04. The van der Waals surface area contributed by atoms with E-state index in [-0.39, 0.29) is 0 Å². The second-order valence-corrected chi connectivity index (χ2v) is 7.90. The molecule has 0 fully saturated rings. The third kappa shape index (κ3) is 5.41. The van der Waals surface area contributed by atoms with Gasteiger partial charge in [-0.05, 0) is 56.1 Å². The van der Waals surface area contributed by atoms with Gasteiger partial charge in [-0.15, -0.1) is 0 Å². The molecule has 0 saturated carbocycles. The topological polar surface area (TPSA) is 68.3 Å². The van der Waals surface area contributed by atoms with Crippen LogP contribution in [-0.4, -0.2) is 20.8 Å². The summed E-state index contributed by atoms with van der Waals surface area (Å²) in [6, 6.07) is 16.7. The standard InChI is InChI=1S/C22H28N2O2S/c1-17-7-10-19(11-8-17)27-22(16-24,13-5-4-6-14-23)18-9-12-20(25-2)21(15-18)26-3/h7-12,15H,4-6,13-14,23H2,1-3H3. The van der Waals surface area contributed by atoms with Crippen LogP contribution in [0.5, 0.6) is 11.5 Å². The average Bonchev–Trinajstić information content (AvgIpc) is 2.71. The van der Waals surface area contributed by atoms with Crippen molar-refractivity contribution in [2.75, 3.05) is 20.8 Å². The molecule has 0 aliphatic carbocycles. The summed E-state index contributed by atoms with van der Waals surface area (Å²) in [7, 11) is 3.23. The summed E-state index contributed by atoms with van der Waals surface area (Å²) in [5, 5.41) is 10.2. The third-order valence-corrected chi connectivity index (χ3v) is 5.96. The molecule has 0 spiro atoms. The third-order valence-electron chi connectivity index (χ3n) is 4.58. The summed E-state index contributed by atoms with van der Waals surface area (Å²) in [6.07, 6.45) is 3.68. The molecule has 0 bridgehead atoms. The Morgan fingerprint density at radius 1 is 1.00 bits per heavy atom. The summed E-state index contributed by atoms with van der Waals surface area (Å²) in [6.45, 7) is 2.74. The molecule has 0 aromatic heterocycles. The Morgan fingerprint density at radius 2 is 1.70 bits per heavy atom. The van der Waals surface area contributed by atoms with E-state index < -0.39 is 4.75 Å². The number of hydrogen-bond acceptors (Lipinski definition) is 5. The van der Waals surface area contributed by atoms with Crippen molar-refractivity contribution < 1.29 is 9.47 Å². The maximum Gasteiger partial charge on any atom is 0.161 e. The zero-order valence-corrected chi connectivity index (χ0v) is 17.1. The highest BCUT2D eigenvalue weighted by molar-refractivity contribution is 8.00. The number of rotatable bonds is 10. The van der Waals surface area contributed by atoms with Crippen LogP contribution < -0.4 is 15.2 Å². The Bertz CT molecular complexity index is 771. The molecule has 144 valence electrons. The Labute approximate surface area is 166 Å². The Balaban J connectivity index is 2.40. The van der Waals surface area contributed by atoms with Gasteiger partial charge in [0.25, 0.3) is 0 Å². The van der Waals surface area contributed by atoms with Crippen molar-refractivity contribution >= 4 is 11.8 Å². The molecule has 0 aliphatic heterocycles. The van der Waals surface area contributed by atoms with E-state index in [9.17, 15) is 5.26 Å². The molecule has 0 amide bonds. The molecule has 0 aliphatic rings. The number of methoxy groups -OCH3 is 2. The van der Waals surface area contributed by atoms with Gasteiger partial charge in [0, 0.05) is 4.90 Å². The van der Waals surface area contributed by atoms with Gasteiger partial charge < -0.3 is 15.2 Å². The Morgan fingerprint density at radius 3 is 2.30 bits per heavy atom. The van der Waals surface area contributed by atoms with Gasteiger partial charge in [-0.2, -0.15) is 5.26 Å². The van der Waals surface area contributed by atoms with Crippen molar-refractivity contribution in [1.82, 2.24) is 0 Å². The molecule has 1 atom stereocenters. The number of benzene rings is 2. The summed E-state index contributed by atoms with van der Waals surface area (Å²) < 4.78 is 10.1. The van der Waals surface area contributed by atoms with Crippen molar-refractivity contribution in [3.63, 3.8) is 0 Å². The quantitative estimate of drug-likeness (QED) is 0.459. The first-order chi connectivity index (χ1) is 13.1. The molecule has 2 aromatic rings. The van der Waals surface area contributed by atoms with Crippen molar-refractivity contribution in [2.45, 2.75) is 42.2 Å². The molecule has 2 aromatic carbocycles. The van der Waals surface area contributed by atoms with Gasteiger partial charge in [-0.1, -0.05) is 48.4 Å². The minimum atomic E-state index is -0.691. The molecule has 5 heteroatoms. The number of nitrogens with zero attached hydrogens (tertiary/aromatic N) is 1. The number of nitriles is 1. The highest BCUT2D eigenvalue weighted by Gasteiger charge is 2.34. The van der Waals surface area contributed by atoms with Gasteiger partial charge in [-0.3, -0.25) is 0 Å². The van der Waals surface area contributed by atoms with E-state index in [1.165, 1.54) is 5.56 Å². The first-order valence-corrected chi connectivity index (χ1v) is 9.99. The lowest BCUT2D eigenvalue weighted by atomic mass is 9.93. The van der Waals surface area contributed by atoms with Crippen LogP contribution in [0, 0.1) is 18.3 Å². The van der Waals surface area contributed by atoms with Gasteiger partial charge in [0.05, 0.1) is 20.3 Å². The molecular weight excluding hydrogens is 356 g/mol. The molecule has 4 nitrogen and oxygen atoms in total. The van der Waals surface area contributed by atoms with Gasteiger partial charge >= 0.3 is 0 Å². The molecule has 2 rings (SSSR count). The maximum absolute atomic E-state index is 10.2. The van der Waals surface area contributed by atoms with Gasteiger partial charge in [0.1, 0.15) is 4.75 Å². The average molecular weight is 385 g/mol. The van der Waals surface area contributed by atoms with Crippen molar-refractivity contribution in [1.29, 1.82) is 5.26 Å². The monoisotopic (exact) mass is 384 g/mol. The highest BCUT2D eigenvalue weighted by atomic mass is 32.2. The number of ether oxygens (including phenoxy) is 2. The minimum Gasteiger partial charge on any atom is -0.493 e. The van der Waals surface area contributed by atoms with Crippen LogP contribution in [0.1, 0.15) is 36.8 Å². The van der Waals surface area contributed by atoms with Crippen LogP contribution in [0.15, 0.2) is 47.4 Å². The molecule has 27 heavy (non-hydrogen) atoms. The highest BCUT2D eigenvalue weighted by Crippen LogP contribution is 2.47. The first-order valence-electron chi connectivity index (χ1n) is 9.18. The lowest BCUT2D eigenvalue weighted by Crippen LogP contribution is -2.20. The molecular formula is C22H28N2O2S. The largest absolute Gasteiger partial charge is 0.493 e. The van der Waals surface area contributed by atoms with Crippen LogP contribution in [0.3, 0.4) is 0 Å². The van der Waals surface area contributed by atoms with Gasteiger partial charge in [0.2, 0.25) is 0 Å². The maximum atomic E-state index is 10.2. The van der Waals surface area contributed by atoms with E-state index in [1.54, 1.807) is 26.0 Å². The van der Waals surface area contributed by atoms with Gasteiger partial charge in [0.15, 0.2) is 11.5 Å². The number of aryl methyl sites for hydroxylation is 1. The summed E-state index contributed by atoms with van der Waals surface area (Å²) in [5.74, 6) is 1.30. The number of nitrogens with two attached hydrogens (primary N) is 1. The Hall–Kier alpha value is -2.16. The first kappa shape index (κ1) is 21.1. The number of unbranched alkanes of at least 4 members (excludes halogenated alkanes) is 2. The molecule has 0 saturated heterocycles. The fraction of sp³-hybridized carbons (Fsp3) is 0.409. The smallest absolute Gasteiger partial charge is 0.161 e. The van der Waals surface area contributed by atoms with Crippen LogP contribution in [0.4, 0.5) is 0 Å². The van der Waals surface area contributed by atoms with Crippen molar-refractivity contribution in [3.05, 3.63) is 53.6 Å². The van der Waals surface area contributed by atoms with E-state index >= 15 is 0 Å². The van der Waals surface area contributed by atoms with E-state index in [4.69, 9.17) is 15.2 Å². The minimum absolute atomic E-state index is 0.640. The fourth-order valence-corrected chi connectivity index (χ4v) is 4.20. The van der Waals surface area contributed by atoms with E-state index in [2.05, 4.69) is 37.3 Å². The second-order valence-electron chi connectivity index (χ2n) is 6.52. The predicted molar refractivity (Wildman–Crippen MR) is 111 cm³/mol. The van der Waals surface area contributed by atoms with Crippen LogP contribution in [0.2, 0.25) is 0 Å². The summed E-state index contributed by atoms with van der Waals surface area (Å²) in [5.41, 5.74) is 7.76. The van der Waals surface area contributed by atoms with Crippen molar-refractivity contribution in [3.8, 4) is 17.6 Å². The lowest BCUT2D eigenvalue weighted by molar-refractivity contribution is 0.354. The SMILES string of the molecule is COc1ccc(C(C#N)(CCCCCN)Sc2ccc(C)cc2)cc1OC. The number of hydrogen-bond donors (Lipinski definition) is 1. The van der Waals surface area contributed by atoms with Crippen molar-refractivity contribution in [2.24, 2.45) is 5.73 Å². The normalized spacial score (nSPS) is 12.9. The zero-order valence-electron chi connectivity index (χ0n) is 16.3. The van der Waals surface area contributed by atoms with E-state index in [1.807, 2.05) is 18.2 Å². The molecule has 1 unspecified atom stereocenters. The zero-order chi connectivity index (χ0) is 19.7. The summed E-state index contributed by atoms with van der Waals surface area (Å²) >= 11 is 1.60. The van der Waals surface area contributed by atoms with Crippen LogP contribution in [0.25, 0.3) is 0 Å². The summed E-state index contributed by atoms with van der Waals surface area (Å²) in [4.78, 5) is 1.08. The van der Waals surface area contributed by atoms with Crippen LogP contribution >= 0.6 is 11.8 Å². The molecule has 0 heterocycles. The number of thioether (sulfide) groups is 1. The Kier molecular flexibility index (Phi) is 8.02. The van der Waals surface area contributed by atoms with E-state index in [0.29, 0.717) is 18.0 Å². The molecule has 2 N–H and O–H groups in total. The molecule has 0 radical (unpaired) electrons. The van der Waals surface area contributed by atoms with Crippen LogP contribution in [-0.2, 0) is 4.75 Å². The fourth-order valence-electron chi connectivity index (χ4n) is 2.99. The van der Waals surface area contributed by atoms with Gasteiger partial charge in [-0.25, -0.2) is 0 Å². The van der Waals surface area contributed by atoms with E-state index in [0.717, 1.165) is 36.1 Å². The second kappa shape index (κ2) is 10.2. The lowest BCUT2D eigenvalue weighted by Gasteiger charge is -2.27.